The lowest BCUT2D eigenvalue weighted by Gasteiger charge is -2.17. The Kier molecular flexibility index (Phi) is 10.4. The number of hydrogen-bond acceptors (Lipinski definition) is 3. The van der Waals surface area contributed by atoms with Crippen LogP contribution in [0.4, 0.5) is 0 Å². The molecule has 0 radical (unpaired) electrons. The van der Waals surface area contributed by atoms with Crippen LogP contribution in [0.25, 0.3) is 0 Å². The van der Waals surface area contributed by atoms with Gasteiger partial charge in [0.25, 0.3) is 0 Å². The van der Waals surface area contributed by atoms with Gasteiger partial charge >= 0.3 is 0 Å². The number of methoxy groups -OCH3 is 1. The fourth-order valence-electron chi connectivity index (χ4n) is 2.89. The number of aliphatic hydroxyl groups excluding tert-OH is 1. The fraction of sp³-hybridized carbons (Fsp3) is 0.650. The minimum Gasteiger partial charge on any atom is -0.497 e. The molecule has 0 aromatic heterocycles. The maximum Gasteiger partial charge on any atom is 0.133 e. The molecule has 1 aromatic carbocycles. The number of Topliss-reactive ketones (excluding diaryl/α,β-unsaturated/α-hetero) is 1. The Balaban J connectivity index is 2.58. The number of aliphatic hydroxyl groups is 1. The molecule has 0 amide bonds. The van der Waals surface area contributed by atoms with E-state index in [0.717, 1.165) is 31.4 Å². The highest BCUT2D eigenvalue weighted by Crippen LogP contribution is 2.28. The van der Waals surface area contributed by atoms with E-state index >= 15 is 0 Å². The SMILES string of the molecule is CCCCCC(CC(=O)CCCCCO)c1ccc(OC)cc1. The zero-order valence-corrected chi connectivity index (χ0v) is 14.7. The predicted molar refractivity (Wildman–Crippen MR) is 95.1 cm³/mol. The molecule has 0 heterocycles. The number of ether oxygens (including phenoxy) is 1. The van der Waals surface area contributed by atoms with Crippen molar-refractivity contribution in [2.75, 3.05) is 13.7 Å². The van der Waals surface area contributed by atoms with Crippen molar-refractivity contribution in [2.24, 2.45) is 0 Å². The zero-order valence-electron chi connectivity index (χ0n) is 14.7. The van der Waals surface area contributed by atoms with Gasteiger partial charge in [0.1, 0.15) is 11.5 Å². The summed E-state index contributed by atoms with van der Waals surface area (Å²) in [7, 11) is 1.67. The van der Waals surface area contributed by atoms with Crippen molar-refractivity contribution in [1.82, 2.24) is 0 Å². The van der Waals surface area contributed by atoms with Crippen molar-refractivity contribution < 1.29 is 14.6 Å². The van der Waals surface area contributed by atoms with Crippen LogP contribution in [0.15, 0.2) is 24.3 Å². The molecular weight excluding hydrogens is 288 g/mol. The highest BCUT2D eigenvalue weighted by molar-refractivity contribution is 5.79. The molecule has 23 heavy (non-hydrogen) atoms. The average molecular weight is 320 g/mol. The fourth-order valence-corrected chi connectivity index (χ4v) is 2.89. The number of carbonyl (C=O) groups excluding carboxylic acids is 1. The number of unbranched alkanes of at least 4 members (excludes halogenated alkanes) is 4. The summed E-state index contributed by atoms with van der Waals surface area (Å²) in [6.45, 7) is 2.42. The van der Waals surface area contributed by atoms with Gasteiger partial charge in [-0.25, -0.2) is 0 Å². The summed E-state index contributed by atoms with van der Waals surface area (Å²) in [6, 6.07) is 8.14. The molecular formula is C20H32O3. The average Bonchev–Trinajstić information content (AvgIpc) is 2.58. The molecule has 0 aliphatic heterocycles. The van der Waals surface area contributed by atoms with Crippen LogP contribution in [-0.4, -0.2) is 24.6 Å². The van der Waals surface area contributed by atoms with E-state index in [2.05, 4.69) is 19.1 Å². The maximum atomic E-state index is 12.3. The first kappa shape index (κ1) is 19.7. The van der Waals surface area contributed by atoms with Gasteiger partial charge in [-0.2, -0.15) is 0 Å². The number of benzene rings is 1. The lowest BCUT2D eigenvalue weighted by molar-refractivity contribution is -0.119. The molecule has 1 N–H and O–H groups in total. The van der Waals surface area contributed by atoms with Gasteiger partial charge in [-0.05, 0) is 42.9 Å². The van der Waals surface area contributed by atoms with Gasteiger partial charge in [-0.15, -0.1) is 0 Å². The first-order valence-corrected chi connectivity index (χ1v) is 8.97. The molecule has 0 fully saturated rings. The largest absolute Gasteiger partial charge is 0.497 e. The summed E-state index contributed by atoms with van der Waals surface area (Å²) in [5.74, 6) is 1.52. The minimum atomic E-state index is 0.222. The van der Waals surface area contributed by atoms with Crippen LogP contribution in [0.2, 0.25) is 0 Å². The van der Waals surface area contributed by atoms with Crippen LogP contribution in [-0.2, 0) is 4.79 Å². The zero-order chi connectivity index (χ0) is 16.9. The van der Waals surface area contributed by atoms with Gasteiger partial charge in [0, 0.05) is 19.4 Å². The van der Waals surface area contributed by atoms with Crippen LogP contribution in [0.1, 0.15) is 76.2 Å². The minimum absolute atomic E-state index is 0.222. The molecule has 1 atom stereocenters. The van der Waals surface area contributed by atoms with Crippen molar-refractivity contribution in [3.8, 4) is 5.75 Å². The molecule has 0 saturated carbocycles. The van der Waals surface area contributed by atoms with Gasteiger partial charge in [0.2, 0.25) is 0 Å². The summed E-state index contributed by atoms with van der Waals surface area (Å²) in [4.78, 5) is 12.3. The lowest BCUT2D eigenvalue weighted by Crippen LogP contribution is -2.08. The van der Waals surface area contributed by atoms with Crippen LogP contribution in [0, 0.1) is 0 Å². The van der Waals surface area contributed by atoms with Crippen LogP contribution in [0.5, 0.6) is 5.75 Å². The first-order valence-electron chi connectivity index (χ1n) is 8.97. The number of carbonyl (C=O) groups is 1. The molecule has 0 bridgehead atoms. The molecule has 1 unspecified atom stereocenters. The van der Waals surface area contributed by atoms with E-state index in [1.807, 2.05) is 12.1 Å². The van der Waals surface area contributed by atoms with Gasteiger partial charge in [-0.1, -0.05) is 44.7 Å². The Labute approximate surface area is 141 Å². The normalized spacial score (nSPS) is 12.1. The van der Waals surface area contributed by atoms with E-state index in [1.54, 1.807) is 7.11 Å². The quantitative estimate of drug-likeness (QED) is 0.527. The molecule has 1 aromatic rings. The lowest BCUT2D eigenvalue weighted by atomic mass is 9.88. The summed E-state index contributed by atoms with van der Waals surface area (Å²) >= 11 is 0. The molecule has 130 valence electrons. The number of ketones is 1. The van der Waals surface area contributed by atoms with Crippen molar-refractivity contribution in [1.29, 1.82) is 0 Å². The van der Waals surface area contributed by atoms with Crippen LogP contribution >= 0.6 is 0 Å². The number of rotatable bonds is 13. The molecule has 3 nitrogen and oxygen atoms in total. The second-order valence-electron chi connectivity index (χ2n) is 6.24. The van der Waals surface area contributed by atoms with E-state index in [1.165, 1.54) is 24.8 Å². The Morgan fingerprint density at radius 3 is 2.43 bits per heavy atom. The second-order valence-corrected chi connectivity index (χ2v) is 6.24. The van der Waals surface area contributed by atoms with Gasteiger partial charge in [0.15, 0.2) is 0 Å². The topological polar surface area (TPSA) is 46.5 Å². The van der Waals surface area contributed by atoms with Gasteiger partial charge in [-0.3, -0.25) is 4.79 Å². The van der Waals surface area contributed by atoms with E-state index in [0.29, 0.717) is 24.5 Å². The smallest absolute Gasteiger partial charge is 0.133 e. The second kappa shape index (κ2) is 12.1. The summed E-state index contributed by atoms with van der Waals surface area (Å²) in [5.41, 5.74) is 1.24. The van der Waals surface area contributed by atoms with E-state index < -0.39 is 0 Å². The highest BCUT2D eigenvalue weighted by Gasteiger charge is 2.16. The molecule has 0 aliphatic carbocycles. The third-order valence-corrected chi connectivity index (χ3v) is 4.33. The summed E-state index contributed by atoms with van der Waals surface area (Å²) < 4.78 is 5.22. The van der Waals surface area contributed by atoms with Gasteiger partial charge < -0.3 is 9.84 Å². The van der Waals surface area contributed by atoms with Crippen molar-refractivity contribution in [3.63, 3.8) is 0 Å². The molecule has 0 saturated heterocycles. The molecule has 1 rings (SSSR count). The third-order valence-electron chi connectivity index (χ3n) is 4.33. The first-order chi connectivity index (χ1) is 11.2. The molecule has 0 aliphatic rings. The van der Waals surface area contributed by atoms with E-state index in [9.17, 15) is 4.79 Å². The molecule has 0 spiro atoms. The Morgan fingerprint density at radius 2 is 1.83 bits per heavy atom. The third kappa shape index (κ3) is 8.17. The van der Waals surface area contributed by atoms with Crippen LogP contribution in [0.3, 0.4) is 0 Å². The Hall–Kier alpha value is -1.35. The standard InChI is InChI=1S/C20H32O3/c1-3-4-6-9-18(16-19(22)10-7-5-8-15-21)17-11-13-20(23-2)14-12-17/h11-14,18,21H,3-10,15-16H2,1-2H3. The Bertz CT molecular complexity index is 425. The molecule has 3 heteroatoms. The van der Waals surface area contributed by atoms with Crippen molar-refractivity contribution >= 4 is 5.78 Å². The Morgan fingerprint density at radius 1 is 1.09 bits per heavy atom. The highest BCUT2D eigenvalue weighted by atomic mass is 16.5. The summed E-state index contributed by atoms with van der Waals surface area (Å²) in [5, 5.41) is 8.79. The van der Waals surface area contributed by atoms with Gasteiger partial charge in [0.05, 0.1) is 7.11 Å². The predicted octanol–water partition coefficient (Wildman–Crippen LogP) is 4.87. The van der Waals surface area contributed by atoms with E-state index in [-0.39, 0.29) is 6.61 Å². The van der Waals surface area contributed by atoms with Crippen LogP contribution < -0.4 is 4.74 Å². The number of hydrogen-bond donors (Lipinski definition) is 1. The summed E-state index contributed by atoms with van der Waals surface area (Å²) in [6.07, 6.45) is 8.56. The van der Waals surface area contributed by atoms with E-state index in [4.69, 9.17) is 9.84 Å². The van der Waals surface area contributed by atoms with Crippen molar-refractivity contribution in [2.45, 2.75) is 70.6 Å². The maximum absolute atomic E-state index is 12.3. The van der Waals surface area contributed by atoms with Crippen molar-refractivity contribution in [3.05, 3.63) is 29.8 Å². The monoisotopic (exact) mass is 320 g/mol.